The van der Waals surface area contributed by atoms with Gasteiger partial charge in [-0.3, -0.25) is 0 Å². The molecule has 0 amide bonds. The second-order valence-electron chi connectivity index (χ2n) is 4.24. The Kier molecular flexibility index (Phi) is 3.91. The van der Waals surface area contributed by atoms with Crippen LogP contribution in [-0.4, -0.2) is 35.6 Å². The molecule has 2 rings (SSSR count). The second-order valence-corrected chi connectivity index (χ2v) is 4.24. The third-order valence-electron chi connectivity index (χ3n) is 2.88. The topological polar surface area (TPSA) is 92.7 Å². The number of hydrogen-bond acceptors (Lipinski definition) is 5. The monoisotopic (exact) mass is 263 g/mol. The number of rotatable bonds is 3. The number of carboxylic acid groups (broad SMARTS) is 1. The average molecular weight is 263 g/mol. The number of carboxylic acids is 1. The van der Waals surface area contributed by atoms with E-state index in [1.54, 1.807) is 0 Å². The van der Waals surface area contributed by atoms with Crippen LogP contribution in [0.3, 0.4) is 0 Å². The summed E-state index contributed by atoms with van der Waals surface area (Å²) in [5.74, 6) is -2.59. The van der Waals surface area contributed by atoms with Crippen molar-refractivity contribution in [2.45, 2.75) is 18.9 Å². The molecular weight excluding hydrogens is 250 g/mol. The van der Waals surface area contributed by atoms with Crippen LogP contribution in [0.4, 0.5) is 0 Å². The lowest BCUT2D eigenvalue weighted by atomic mass is 10.1. The van der Waals surface area contributed by atoms with Crippen LogP contribution in [0, 0.1) is 0 Å². The van der Waals surface area contributed by atoms with Gasteiger partial charge in [0, 0.05) is 0 Å². The Morgan fingerprint density at radius 2 is 2.00 bits per heavy atom. The van der Waals surface area contributed by atoms with Crippen LogP contribution >= 0.6 is 0 Å². The number of benzene rings is 1. The summed E-state index contributed by atoms with van der Waals surface area (Å²) in [6, 6.07) is 4.92. The molecule has 0 radical (unpaired) electrons. The maximum Gasteiger partial charge on any atom is 0.345 e. The lowest BCUT2D eigenvalue weighted by molar-refractivity contribution is -0.139. The molecular formula is C13H13NO5. The van der Waals surface area contributed by atoms with Crippen molar-refractivity contribution in [2.24, 2.45) is 0 Å². The molecule has 1 aliphatic rings. The molecule has 1 heterocycles. The van der Waals surface area contributed by atoms with Gasteiger partial charge in [0.25, 0.3) is 0 Å². The maximum atomic E-state index is 11.7. The van der Waals surface area contributed by atoms with Crippen molar-refractivity contribution < 1.29 is 24.2 Å². The third kappa shape index (κ3) is 3.17. The minimum Gasteiger partial charge on any atom is -0.478 e. The molecule has 1 aliphatic heterocycles. The van der Waals surface area contributed by atoms with Gasteiger partial charge >= 0.3 is 17.9 Å². The Bertz CT molecular complexity index is 520. The highest BCUT2D eigenvalue weighted by molar-refractivity contribution is 6.00. The lowest BCUT2D eigenvalue weighted by Gasteiger charge is -2.08. The molecule has 2 N–H and O–H groups in total. The number of carbonyl (C=O) groups excluding carboxylic acids is 2. The molecule has 100 valence electrons. The van der Waals surface area contributed by atoms with Crippen LogP contribution in [0.15, 0.2) is 24.3 Å². The van der Waals surface area contributed by atoms with Gasteiger partial charge in [0.15, 0.2) is 0 Å². The molecule has 1 atom stereocenters. The van der Waals surface area contributed by atoms with Gasteiger partial charge in [0.1, 0.15) is 6.04 Å². The highest BCUT2D eigenvalue weighted by Crippen LogP contribution is 2.10. The van der Waals surface area contributed by atoms with E-state index in [4.69, 9.17) is 9.84 Å². The molecule has 0 spiro atoms. The molecule has 1 fully saturated rings. The van der Waals surface area contributed by atoms with Crippen LogP contribution < -0.4 is 5.32 Å². The molecule has 0 aromatic heterocycles. The summed E-state index contributed by atoms with van der Waals surface area (Å²) in [5, 5.41) is 11.7. The predicted octanol–water partition coefficient (Wildman–Crippen LogP) is 0.820. The molecule has 6 heteroatoms. The van der Waals surface area contributed by atoms with Gasteiger partial charge in [0.05, 0.1) is 11.1 Å². The van der Waals surface area contributed by atoms with E-state index in [2.05, 4.69) is 5.32 Å². The van der Waals surface area contributed by atoms with Crippen LogP contribution in [-0.2, 0) is 9.53 Å². The lowest BCUT2D eigenvalue weighted by Crippen LogP contribution is -2.33. The van der Waals surface area contributed by atoms with Crippen molar-refractivity contribution >= 4 is 17.9 Å². The Balaban J connectivity index is 2.05. The van der Waals surface area contributed by atoms with E-state index in [1.165, 1.54) is 24.3 Å². The highest BCUT2D eigenvalue weighted by atomic mass is 16.6. The van der Waals surface area contributed by atoms with E-state index in [-0.39, 0.29) is 11.1 Å². The normalized spacial score (nSPS) is 18.0. The average Bonchev–Trinajstić information content (AvgIpc) is 2.92. The zero-order valence-electron chi connectivity index (χ0n) is 10.1. The summed E-state index contributed by atoms with van der Waals surface area (Å²) in [6.45, 7) is 0.725. The predicted molar refractivity (Wildman–Crippen MR) is 64.8 cm³/mol. The maximum absolute atomic E-state index is 11.7. The van der Waals surface area contributed by atoms with Crippen LogP contribution in [0.1, 0.15) is 33.6 Å². The summed E-state index contributed by atoms with van der Waals surface area (Å²) in [7, 11) is 0. The quantitative estimate of drug-likeness (QED) is 0.619. The Hall–Kier alpha value is -2.21. The van der Waals surface area contributed by atoms with Gasteiger partial charge in [-0.25, -0.2) is 14.4 Å². The molecule has 0 bridgehead atoms. The smallest absolute Gasteiger partial charge is 0.345 e. The number of carbonyl (C=O) groups is 3. The Morgan fingerprint density at radius 3 is 2.63 bits per heavy atom. The molecule has 0 aliphatic carbocycles. The third-order valence-corrected chi connectivity index (χ3v) is 2.88. The molecule has 1 saturated heterocycles. The van der Waals surface area contributed by atoms with E-state index in [0.717, 1.165) is 13.0 Å². The molecule has 1 aromatic rings. The first-order chi connectivity index (χ1) is 9.08. The first kappa shape index (κ1) is 13.2. The van der Waals surface area contributed by atoms with Crippen molar-refractivity contribution in [3.8, 4) is 0 Å². The van der Waals surface area contributed by atoms with Crippen molar-refractivity contribution in [2.75, 3.05) is 6.54 Å². The van der Waals surface area contributed by atoms with Gasteiger partial charge in [0.2, 0.25) is 0 Å². The van der Waals surface area contributed by atoms with Crippen LogP contribution in [0.5, 0.6) is 0 Å². The minimum absolute atomic E-state index is 0.0270. The van der Waals surface area contributed by atoms with E-state index in [0.29, 0.717) is 6.42 Å². The molecule has 0 saturated carbocycles. The van der Waals surface area contributed by atoms with Crippen molar-refractivity contribution in [1.82, 2.24) is 5.32 Å². The molecule has 1 aromatic carbocycles. The molecule has 19 heavy (non-hydrogen) atoms. The largest absolute Gasteiger partial charge is 0.478 e. The van der Waals surface area contributed by atoms with E-state index >= 15 is 0 Å². The van der Waals surface area contributed by atoms with Gasteiger partial charge in [-0.2, -0.15) is 0 Å². The fourth-order valence-electron chi connectivity index (χ4n) is 1.89. The van der Waals surface area contributed by atoms with Gasteiger partial charge in [-0.1, -0.05) is 6.07 Å². The summed E-state index contributed by atoms with van der Waals surface area (Å²) in [4.78, 5) is 34.1. The summed E-state index contributed by atoms with van der Waals surface area (Å²) in [6.07, 6.45) is 1.50. The number of hydrogen-bond donors (Lipinski definition) is 2. The van der Waals surface area contributed by atoms with Crippen molar-refractivity contribution in [1.29, 1.82) is 0 Å². The fourth-order valence-corrected chi connectivity index (χ4v) is 1.89. The first-order valence-corrected chi connectivity index (χ1v) is 5.90. The van der Waals surface area contributed by atoms with Crippen molar-refractivity contribution in [3.05, 3.63) is 35.4 Å². The summed E-state index contributed by atoms with van der Waals surface area (Å²) >= 11 is 0. The minimum atomic E-state index is -1.14. The highest BCUT2D eigenvalue weighted by Gasteiger charge is 2.26. The van der Waals surface area contributed by atoms with E-state index in [9.17, 15) is 14.4 Å². The number of ether oxygens (including phenoxy) is 1. The number of aromatic carboxylic acids is 1. The zero-order valence-corrected chi connectivity index (χ0v) is 10.1. The van der Waals surface area contributed by atoms with Crippen molar-refractivity contribution in [3.63, 3.8) is 0 Å². The summed E-state index contributed by atoms with van der Waals surface area (Å²) < 4.78 is 4.72. The molecule has 0 unspecified atom stereocenters. The van der Waals surface area contributed by atoms with Gasteiger partial charge in [-0.15, -0.1) is 0 Å². The number of esters is 2. The summed E-state index contributed by atoms with van der Waals surface area (Å²) in [5.41, 5.74) is 0.0205. The second kappa shape index (κ2) is 5.62. The first-order valence-electron chi connectivity index (χ1n) is 5.90. The standard InChI is InChI=1S/C13H13NO5/c15-11(16)8-3-1-4-9(7-8)12(17)19-13(18)10-5-2-6-14-10/h1,3-4,7,10,14H,2,5-6H2,(H,15,16)/t10-/m0/s1. The fraction of sp³-hybridized carbons (Fsp3) is 0.308. The SMILES string of the molecule is O=C(O)c1cccc(C(=O)OC(=O)[C@@H]2CCCN2)c1. The zero-order chi connectivity index (χ0) is 13.8. The van der Waals surface area contributed by atoms with Crippen LogP contribution in [0.2, 0.25) is 0 Å². The van der Waals surface area contributed by atoms with E-state index < -0.39 is 23.9 Å². The van der Waals surface area contributed by atoms with Gasteiger partial charge in [-0.05, 0) is 37.6 Å². The van der Waals surface area contributed by atoms with Gasteiger partial charge < -0.3 is 15.2 Å². The Labute approximate surface area is 109 Å². The number of nitrogens with one attached hydrogen (secondary N) is 1. The van der Waals surface area contributed by atoms with E-state index in [1.807, 2.05) is 0 Å². The Morgan fingerprint density at radius 1 is 1.26 bits per heavy atom. The molecule has 6 nitrogen and oxygen atoms in total. The van der Waals surface area contributed by atoms with Crippen LogP contribution in [0.25, 0.3) is 0 Å².